The van der Waals surface area contributed by atoms with Crippen LogP contribution in [0.4, 0.5) is 4.79 Å². The summed E-state index contributed by atoms with van der Waals surface area (Å²) in [5.74, 6) is 0. The van der Waals surface area contributed by atoms with Crippen molar-refractivity contribution in [3.8, 4) is 0 Å². The average molecular weight is 274 g/mol. The SMILES string of the molecule is O=C(NC1CCCc2ccccc21)N(CCO)C1CC1. The average Bonchev–Trinajstić information content (AvgIpc) is 3.29. The van der Waals surface area contributed by atoms with Gasteiger partial charge in [-0.3, -0.25) is 0 Å². The highest BCUT2D eigenvalue weighted by Crippen LogP contribution is 2.31. The van der Waals surface area contributed by atoms with Crippen molar-refractivity contribution in [1.29, 1.82) is 0 Å². The van der Waals surface area contributed by atoms with Crippen molar-refractivity contribution in [2.75, 3.05) is 13.2 Å². The summed E-state index contributed by atoms with van der Waals surface area (Å²) in [5, 5.41) is 12.3. The van der Waals surface area contributed by atoms with Crippen molar-refractivity contribution in [3.05, 3.63) is 35.4 Å². The number of hydrogen-bond acceptors (Lipinski definition) is 2. The molecular formula is C16H22N2O2. The number of amides is 2. The number of fused-ring (bicyclic) bond motifs is 1. The Kier molecular flexibility index (Phi) is 3.92. The van der Waals surface area contributed by atoms with Crippen molar-refractivity contribution >= 4 is 6.03 Å². The fourth-order valence-electron chi connectivity index (χ4n) is 3.08. The molecule has 4 nitrogen and oxygen atoms in total. The Balaban J connectivity index is 1.70. The first-order chi connectivity index (χ1) is 9.79. The van der Waals surface area contributed by atoms with Crippen LogP contribution < -0.4 is 5.32 Å². The summed E-state index contributed by atoms with van der Waals surface area (Å²) in [6.45, 7) is 0.468. The zero-order valence-corrected chi connectivity index (χ0v) is 11.7. The first kappa shape index (κ1) is 13.4. The van der Waals surface area contributed by atoms with Gasteiger partial charge in [-0.2, -0.15) is 0 Å². The molecule has 0 saturated heterocycles. The van der Waals surface area contributed by atoms with Crippen molar-refractivity contribution in [2.45, 2.75) is 44.2 Å². The second-order valence-electron chi connectivity index (χ2n) is 5.74. The number of nitrogens with one attached hydrogen (secondary N) is 1. The van der Waals surface area contributed by atoms with E-state index < -0.39 is 0 Å². The molecule has 2 aliphatic rings. The predicted molar refractivity (Wildman–Crippen MR) is 77.5 cm³/mol. The molecule has 2 N–H and O–H groups in total. The quantitative estimate of drug-likeness (QED) is 0.884. The number of aliphatic hydroxyl groups is 1. The molecule has 0 bridgehead atoms. The van der Waals surface area contributed by atoms with Crippen LogP contribution in [0.25, 0.3) is 0 Å². The summed E-state index contributed by atoms with van der Waals surface area (Å²) in [6, 6.07) is 8.80. The number of carbonyl (C=O) groups excluding carboxylic acids is 1. The van der Waals surface area contributed by atoms with Crippen LogP contribution in [0.2, 0.25) is 0 Å². The van der Waals surface area contributed by atoms with Gasteiger partial charge in [-0.25, -0.2) is 4.79 Å². The maximum atomic E-state index is 12.4. The zero-order valence-electron chi connectivity index (χ0n) is 11.7. The Morgan fingerprint density at radius 1 is 1.30 bits per heavy atom. The van der Waals surface area contributed by atoms with Gasteiger partial charge in [0.05, 0.1) is 12.6 Å². The van der Waals surface area contributed by atoms with Crippen LogP contribution in [-0.2, 0) is 6.42 Å². The second kappa shape index (κ2) is 5.83. The lowest BCUT2D eigenvalue weighted by atomic mass is 9.88. The number of hydrogen-bond donors (Lipinski definition) is 2. The van der Waals surface area contributed by atoms with Gasteiger partial charge in [-0.1, -0.05) is 24.3 Å². The smallest absolute Gasteiger partial charge is 0.318 e. The fraction of sp³-hybridized carbons (Fsp3) is 0.562. The molecule has 1 unspecified atom stereocenters. The fourth-order valence-corrected chi connectivity index (χ4v) is 3.08. The Labute approximate surface area is 119 Å². The van der Waals surface area contributed by atoms with E-state index in [4.69, 9.17) is 5.11 Å². The molecule has 4 heteroatoms. The Morgan fingerprint density at radius 3 is 2.85 bits per heavy atom. The van der Waals surface area contributed by atoms with Gasteiger partial charge in [0.1, 0.15) is 0 Å². The van der Waals surface area contributed by atoms with Crippen molar-refractivity contribution in [2.24, 2.45) is 0 Å². The molecule has 1 aromatic carbocycles. The Bertz CT molecular complexity index is 485. The van der Waals surface area contributed by atoms with Crippen LogP contribution in [0.1, 0.15) is 42.9 Å². The molecule has 1 atom stereocenters. The van der Waals surface area contributed by atoms with Gasteiger partial charge in [0.25, 0.3) is 0 Å². The normalized spacial score (nSPS) is 21.1. The minimum absolute atomic E-state index is 0.0248. The number of urea groups is 1. The number of aliphatic hydroxyl groups excluding tert-OH is 1. The van der Waals surface area contributed by atoms with Gasteiger partial charge >= 0.3 is 6.03 Å². The molecule has 0 radical (unpaired) electrons. The van der Waals surface area contributed by atoms with Gasteiger partial charge in [0.15, 0.2) is 0 Å². The van der Waals surface area contributed by atoms with E-state index in [1.807, 2.05) is 6.07 Å². The summed E-state index contributed by atoms with van der Waals surface area (Å²) in [7, 11) is 0. The predicted octanol–water partition coefficient (Wildman–Crippen LogP) is 2.23. The van der Waals surface area contributed by atoms with E-state index >= 15 is 0 Å². The summed E-state index contributed by atoms with van der Waals surface area (Å²) in [4.78, 5) is 14.2. The molecule has 20 heavy (non-hydrogen) atoms. The molecule has 0 spiro atoms. The molecule has 0 aliphatic heterocycles. The van der Waals surface area contributed by atoms with Gasteiger partial charge in [-0.05, 0) is 43.2 Å². The molecule has 0 aromatic heterocycles. The highest BCUT2D eigenvalue weighted by atomic mass is 16.3. The minimum Gasteiger partial charge on any atom is -0.395 e. The molecule has 3 rings (SSSR count). The lowest BCUT2D eigenvalue weighted by Gasteiger charge is -2.30. The second-order valence-corrected chi connectivity index (χ2v) is 5.74. The first-order valence-electron chi connectivity index (χ1n) is 7.55. The van der Waals surface area contributed by atoms with Crippen molar-refractivity contribution in [3.63, 3.8) is 0 Å². The molecule has 1 aromatic rings. The van der Waals surface area contributed by atoms with E-state index in [2.05, 4.69) is 23.5 Å². The van der Waals surface area contributed by atoms with Crippen LogP contribution in [0.15, 0.2) is 24.3 Å². The van der Waals surface area contributed by atoms with Crippen molar-refractivity contribution in [1.82, 2.24) is 10.2 Å². The first-order valence-corrected chi connectivity index (χ1v) is 7.55. The van der Waals surface area contributed by atoms with E-state index in [0.29, 0.717) is 12.6 Å². The van der Waals surface area contributed by atoms with E-state index in [-0.39, 0.29) is 18.7 Å². The summed E-state index contributed by atoms with van der Waals surface area (Å²) >= 11 is 0. The summed E-state index contributed by atoms with van der Waals surface area (Å²) in [5.41, 5.74) is 2.61. The number of nitrogens with zero attached hydrogens (tertiary/aromatic N) is 1. The highest BCUT2D eigenvalue weighted by Gasteiger charge is 2.33. The van der Waals surface area contributed by atoms with Gasteiger partial charge in [-0.15, -0.1) is 0 Å². The van der Waals surface area contributed by atoms with Crippen LogP contribution >= 0.6 is 0 Å². The van der Waals surface area contributed by atoms with E-state index in [1.165, 1.54) is 11.1 Å². The largest absolute Gasteiger partial charge is 0.395 e. The van der Waals surface area contributed by atoms with Gasteiger partial charge in [0, 0.05) is 12.6 Å². The third-order valence-corrected chi connectivity index (χ3v) is 4.26. The third kappa shape index (κ3) is 2.80. The molecule has 2 amide bonds. The maximum absolute atomic E-state index is 12.4. The highest BCUT2D eigenvalue weighted by molar-refractivity contribution is 5.75. The van der Waals surface area contributed by atoms with Crippen LogP contribution in [0, 0.1) is 0 Å². The Morgan fingerprint density at radius 2 is 2.10 bits per heavy atom. The summed E-state index contributed by atoms with van der Waals surface area (Å²) in [6.07, 6.45) is 5.35. The molecule has 1 fully saturated rings. The van der Waals surface area contributed by atoms with E-state index in [0.717, 1.165) is 32.1 Å². The van der Waals surface area contributed by atoms with Gasteiger partial charge < -0.3 is 15.3 Å². The molecule has 0 heterocycles. The Hall–Kier alpha value is -1.55. The number of rotatable bonds is 4. The van der Waals surface area contributed by atoms with E-state index in [1.54, 1.807) is 4.90 Å². The lowest BCUT2D eigenvalue weighted by molar-refractivity contribution is 0.169. The standard InChI is InChI=1S/C16H22N2O2/c19-11-10-18(13-8-9-13)16(20)17-15-7-3-5-12-4-1-2-6-14(12)15/h1-2,4,6,13,15,19H,3,5,7-11H2,(H,17,20). The number of aryl methyl sites for hydroxylation is 1. The zero-order chi connectivity index (χ0) is 13.9. The number of carbonyl (C=O) groups is 1. The lowest BCUT2D eigenvalue weighted by Crippen LogP contribution is -2.44. The topological polar surface area (TPSA) is 52.6 Å². The minimum atomic E-state index is -0.0248. The molecule has 108 valence electrons. The monoisotopic (exact) mass is 274 g/mol. The maximum Gasteiger partial charge on any atom is 0.318 e. The van der Waals surface area contributed by atoms with Crippen molar-refractivity contribution < 1.29 is 9.90 Å². The van der Waals surface area contributed by atoms with Crippen LogP contribution in [0.3, 0.4) is 0 Å². The molecule has 2 aliphatic carbocycles. The molecular weight excluding hydrogens is 252 g/mol. The molecule has 1 saturated carbocycles. The summed E-state index contributed by atoms with van der Waals surface area (Å²) < 4.78 is 0. The van der Waals surface area contributed by atoms with Gasteiger partial charge in [0.2, 0.25) is 0 Å². The van der Waals surface area contributed by atoms with Crippen LogP contribution in [-0.4, -0.2) is 35.2 Å². The third-order valence-electron chi connectivity index (χ3n) is 4.26. The van der Waals surface area contributed by atoms with Crippen LogP contribution in [0.5, 0.6) is 0 Å². The number of benzene rings is 1. The van der Waals surface area contributed by atoms with E-state index in [9.17, 15) is 4.79 Å².